The lowest BCUT2D eigenvalue weighted by molar-refractivity contribution is -0.148. The van der Waals surface area contributed by atoms with E-state index in [4.69, 9.17) is 10.5 Å². The first-order chi connectivity index (χ1) is 19.8. The molecule has 1 saturated heterocycles. The molecule has 4 aliphatic rings. The third-order valence-electron chi connectivity index (χ3n) is 9.00. The van der Waals surface area contributed by atoms with Crippen molar-refractivity contribution in [3.63, 3.8) is 0 Å². The molecule has 0 radical (unpaired) electrons. The molecule has 3 aliphatic carbocycles. The lowest BCUT2D eigenvalue weighted by Crippen LogP contribution is -2.63. The Kier molecular flexibility index (Phi) is 7.54. The molecular weight excluding hydrogens is 548 g/mol. The minimum Gasteiger partial charge on any atom is -0.510 e. The van der Waals surface area contributed by atoms with E-state index in [1.807, 2.05) is 0 Å². The van der Waals surface area contributed by atoms with Gasteiger partial charge in [0.05, 0.1) is 24.8 Å². The van der Waals surface area contributed by atoms with Crippen LogP contribution in [0.4, 0.5) is 4.79 Å². The van der Waals surface area contributed by atoms with Crippen molar-refractivity contribution >= 4 is 23.5 Å². The van der Waals surface area contributed by atoms with Crippen LogP contribution in [0.3, 0.4) is 0 Å². The molecule has 13 heteroatoms. The highest BCUT2D eigenvalue weighted by atomic mass is 16.5. The lowest BCUT2D eigenvalue weighted by Gasteiger charge is -2.50. The predicted octanol–water partition coefficient (Wildman–Crippen LogP) is 0.225. The average molecular weight is 585 g/mol. The van der Waals surface area contributed by atoms with Crippen LogP contribution in [0.1, 0.15) is 40.4 Å². The molecule has 1 aromatic carbocycles. The van der Waals surface area contributed by atoms with Crippen LogP contribution >= 0.6 is 0 Å². The number of benzene rings is 1. The van der Waals surface area contributed by atoms with Gasteiger partial charge in [-0.25, -0.2) is 4.79 Å². The largest absolute Gasteiger partial charge is 0.510 e. The second-order valence-corrected chi connectivity index (χ2v) is 11.5. The minimum atomic E-state index is -2.70. The van der Waals surface area contributed by atoms with Gasteiger partial charge in [0.2, 0.25) is 5.78 Å². The second-order valence-electron chi connectivity index (χ2n) is 11.5. The number of nitrogens with two attached hydrogens (primary N) is 1. The van der Waals surface area contributed by atoms with Crippen molar-refractivity contribution in [3.8, 4) is 5.75 Å². The summed E-state index contributed by atoms with van der Waals surface area (Å²) in [5.74, 6) is -6.93. The molecular formula is C29H36N4O9. The van der Waals surface area contributed by atoms with E-state index in [1.54, 1.807) is 32.0 Å². The molecule has 5 rings (SSSR count). The molecule has 1 aliphatic heterocycles. The number of carbonyl (C=O) groups excluding carboxylic acids is 4. The van der Waals surface area contributed by atoms with E-state index in [-0.39, 0.29) is 42.3 Å². The number of primary amides is 1. The number of allylic oxidation sites excluding steroid dienone is 1. The highest BCUT2D eigenvalue weighted by Crippen LogP contribution is 2.52. The third kappa shape index (κ3) is 4.34. The monoisotopic (exact) mass is 584 g/mol. The smallest absolute Gasteiger partial charge is 0.317 e. The number of aliphatic hydroxyl groups is 3. The van der Waals surface area contributed by atoms with Crippen molar-refractivity contribution in [1.82, 2.24) is 15.1 Å². The number of nitrogens with zero attached hydrogens (tertiary/aromatic N) is 2. The van der Waals surface area contributed by atoms with Crippen molar-refractivity contribution < 1.29 is 44.3 Å². The highest BCUT2D eigenvalue weighted by molar-refractivity contribution is 6.24. The van der Waals surface area contributed by atoms with Gasteiger partial charge in [0, 0.05) is 31.1 Å². The zero-order valence-electron chi connectivity index (χ0n) is 23.8. The van der Waals surface area contributed by atoms with E-state index in [0.29, 0.717) is 49.4 Å². The summed E-state index contributed by atoms with van der Waals surface area (Å²) >= 11 is 0. The third-order valence-corrected chi connectivity index (χ3v) is 9.00. The summed E-state index contributed by atoms with van der Waals surface area (Å²) in [6, 6.07) is 0.386. The zero-order valence-corrected chi connectivity index (χ0v) is 23.8. The van der Waals surface area contributed by atoms with Gasteiger partial charge in [-0.3, -0.25) is 19.3 Å². The van der Waals surface area contributed by atoms with Gasteiger partial charge in [0.25, 0.3) is 5.91 Å². The summed E-state index contributed by atoms with van der Waals surface area (Å²) in [6.45, 7) is 3.64. The van der Waals surface area contributed by atoms with E-state index in [2.05, 4.69) is 5.32 Å². The molecule has 0 bridgehead atoms. The van der Waals surface area contributed by atoms with Crippen LogP contribution in [-0.2, 0) is 33.7 Å². The zero-order chi connectivity index (χ0) is 30.7. The molecule has 226 valence electrons. The van der Waals surface area contributed by atoms with Gasteiger partial charge in [-0.2, -0.15) is 0 Å². The minimum absolute atomic E-state index is 0.0123. The fourth-order valence-corrected chi connectivity index (χ4v) is 6.93. The van der Waals surface area contributed by atoms with Crippen molar-refractivity contribution in [2.75, 3.05) is 40.4 Å². The van der Waals surface area contributed by atoms with Crippen LogP contribution in [-0.4, -0.2) is 106 Å². The number of aromatic hydroxyl groups is 1. The summed E-state index contributed by atoms with van der Waals surface area (Å²) in [6.07, 6.45) is 0.503. The van der Waals surface area contributed by atoms with Gasteiger partial charge in [-0.1, -0.05) is 13.0 Å². The van der Waals surface area contributed by atoms with Gasteiger partial charge in [0.1, 0.15) is 22.8 Å². The summed E-state index contributed by atoms with van der Waals surface area (Å²) < 4.78 is 5.30. The number of Topliss-reactive ketones (excluding diaryl/α,β-unsaturated/α-hetero) is 2. The number of nitrogens with one attached hydrogen (secondary N) is 1. The maximum Gasteiger partial charge on any atom is 0.317 e. The van der Waals surface area contributed by atoms with Gasteiger partial charge >= 0.3 is 6.03 Å². The molecule has 0 spiro atoms. The summed E-state index contributed by atoms with van der Waals surface area (Å²) in [4.78, 5) is 55.6. The molecule has 1 heterocycles. The maximum absolute atomic E-state index is 14.0. The summed E-state index contributed by atoms with van der Waals surface area (Å²) in [5, 5.41) is 48.2. The van der Waals surface area contributed by atoms with Crippen LogP contribution in [0.15, 0.2) is 28.7 Å². The number of urea groups is 1. The van der Waals surface area contributed by atoms with E-state index in [0.717, 1.165) is 0 Å². The number of likely N-dealkylation sites (N-methyl/N-ethyl adjacent to an activating group) is 1. The maximum atomic E-state index is 14.0. The number of hydrogen-bond donors (Lipinski definition) is 6. The molecule has 7 N–H and O–H groups in total. The number of phenolic OH excluding ortho intramolecular Hbond substituents is 1. The van der Waals surface area contributed by atoms with Gasteiger partial charge in [-0.05, 0) is 56.0 Å². The number of morpholine rings is 1. The number of aliphatic hydroxyl groups excluding tert-OH is 2. The number of amides is 3. The SMILES string of the molecule is CCc1cc(CNC(=O)N2CCOCC2)c2c(c1O)C(=O)C1=C(O)C3(O)C(=O)C(C(N)=O)=C(O)C(N(C)C)C3CC1C2. The Balaban J connectivity index is 1.60. The van der Waals surface area contributed by atoms with Gasteiger partial charge in [0.15, 0.2) is 11.4 Å². The van der Waals surface area contributed by atoms with Gasteiger partial charge in [-0.15, -0.1) is 0 Å². The standard InChI is InChI=1S/C29H36N4O9/c1-4-13-9-15(12-31-28(40)33-5-7-42-8-6-33)16-10-14-11-17-21(32(2)3)24(36)20(27(30)39)26(38)29(17,41)25(37)18(14)23(35)19(16)22(13)34/h9,14,17,21,34,36-37,41H,4-8,10-12H2,1-3H3,(H2,30,39)(H,31,40). The van der Waals surface area contributed by atoms with Crippen molar-refractivity contribution in [2.24, 2.45) is 17.6 Å². The van der Waals surface area contributed by atoms with E-state index in [9.17, 15) is 39.6 Å². The topological polar surface area (TPSA) is 203 Å². The van der Waals surface area contributed by atoms with Crippen LogP contribution in [0, 0.1) is 11.8 Å². The summed E-state index contributed by atoms with van der Waals surface area (Å²) in [5.41, 5.74) is 3.12. The molecule has 13 nitrogen and oxygen atoms in total. The number of ether oxygens (including phenoxy) is 1. The fraction of sp³-hybridized carbons (Fsp3) is 0.517. The fourth-order valence-electron chi connectivity index (χ4n) is 6.93. The normalized spacial score (nSPS) is 27.5. The first-order valence-corrected chi connectivity index (χ1v) is 14.0. The number of ketones is 2. The molecule has 3 amide bonds. The quantitative estimate of drug-likeness (QED) is 0.260. The molecule has 0 aromatic heterocycles. The average Bonchev–Trinajstić information content (AvgIpc) is 2.94. The lowest BCUT2D eigenvalue weighted by atomic mass is 9.58. The molecule has 1 aromatic rings. The van der Waals surface area contributed by atoms with E-state index in [1.165, 1.54) is 4.90 Å². The van der Waals surface area contributed by atoms with Crippen LogP contribution in [0.25, 0.3) is 0 Å². The highest BCUT2D eigenvalue weighted by Gasteiger charge is 2.63. The molecule has 4 unspecified atom stereocenters. The van der Waals surface area contributed by atoms with Crippen LogP contribution in [0.2, 0.25) is 0 Å². The Labute approximate surface area is 242 Å². The first kappa shape index (κ1) is 29.5. The number of carbonyl (C=O) groups is 4. The van der Waals surface area contributed by atoms with Crippen molar-refractivity contribution in [1.29, 1.82) is 0 Å². The van der Waals surface area contributed by atoms with E-state index >= 15 is 0 Å². The predicted molar refractivity (Wildman–Crippen MR) is 148 cm³/mol. The van der Waals surface area contributed by atoms with Crippen LogP contribution < -0.4 is 11.1 Å². The van der Waals surface area contributed by atoms with Crippen LogP contribution in [0.5, 0.6) is 5.75 Å². The second kappa shape index (κ2) is 10.7. The number of phenols is 1. The number of fused-ring (bicyclic) bond motifs is 3. The number of rotatable bonds is 5. The Morgan fingerprint density at radius 3 is 2.43 bits per heavy atom. The molecule has 4 atom stereocenters. The Morgan fingerprint density at radius 2 is 1.83 bits per heavy atom. The van der Waals surface area contributed by atoms with Crippen molar-refractivity contribution in [3.05, 3.63) is 51.0 Å². The van der Waals surface area contributed by atoms with E-state index < -0.39 is 58.0 Å². The Hall–Kier alpha value is -3.94. The Bertz CT molecular complexity index is 1440. The molecule has 1 fully saturated rings. The molecule has 0 saturated carbocycles. The van der Waals surface area contributed by atoms with Gasteiger partial charge < -0.3 is 41.1 Å². The first-order valence-electron chi connectivity index (χ1n) is 14.0. The van der Waals surface area contributed by atoms with Crippen molar-refractivity contribution in [2.45, 2.75) is 44.4 Å². The number of hydrogen-bond acceptors (Lipinski definition) is 10. The Morgan fingerprint density at radius 1 is 1.17 bits per heavy atom. The number of aryl methyl sites for hydroxylation is 1. The molecule has 42 heavy (non-hydrogen) atoms. The summed E-state index contributed by atoms with van der Waals surface area (Å²) in [7, 11) is 3.15.